The van der Waals surface area contributed by atoms with Crippen molar-refractivity contribution >= 4 is 13.8 Å². The summed E-state index contributed by atoms with van der Waals surface area (Å²) in [5.41, 5.74) is 5.35. The number of carbonyl (C=O) groups excluding carboxylic acids is 1. The Labute approximate surface area is 308 Å². The largest absolute Gasteiger partial charge is 0.498 e. The van der Waals surface area contributed by atoms with Crippen LogP contribution in [0.25, 0.3) is 0 Å². The zero-order chi connectivity index (χ0) is 36.6. The number of esters is 1. The number of allylic oxidation sites excluding steroid dienone is 5. The van der Waals surface area contributed by atoms with Gasteiger partial charge in [0.25, 0.3) is 0 Å². The molecule has 0 aromatic rings. The van der Waals surface area contributed by atoms with Gasteiger partial charge in [0.2, 0.25) is 0 Å². The molecule has 0 saturated heterocycles. The molecule has 0 aliphatic rings. The van der Waals surface area contributed by atoms with E-state index in [1.807, 2.05) is 6.08 Å². The lowest BCUT2D eigenvalue weighted by Gasteiger charge is -2.19. The van der Waals surface area contributed by atoms with Gasteiger partial charge in [-0.15, -0.1) is 0 Å². The highest BCUT2D eigenvalue weighted by atomic mass is 31.2. The van der Waals surface area contributed by atoms with E-state index >= 15 is 0 Å². The lowest BCUT2D eigenvalue weighted by atomic mass is 10.0. The first kappa shape index (κ1) is 48.6. The Morgan fingerprint density at radius 3 is 1.62 bits per heavy atom. The first-order chi connectivity index (χ1) is 24.4. The molecule has 0 rings (SSSR count). The number of phosphoric ester groups is 1. The molecule has 3 N–H and O–H groups in total. The van der Waals surface area contributed by atoms with Crippen LogP contribution in [-0.2, 0) is 27.9 Å². The standard InChI is InChI=1S/C41H78NO7P/c1-3-5-7-9-11-13-15-17-19-20-21-22-24-26-28-30-32-34-41(43)49-40(39-48-50(44,45)47-37-35-42)38-46-36-33-31-29-27-25-23-18-16-14-12-10-8-6-4-2/h11,13,17,19,33,36,40H,3-10,12,14-16,18,20-32,34-35,37-39,42H2,1-2H3,(H,44,45)/b13-11-,19-17-,36-33-/t40-/m1/s1. The highest BCUT2D eigenvalue weighted by Gasteiger charge is 2.25. The van der Waals surface area contributed by atoms with Gasteiger partial charge in [0.15, 0.2) is 6.10 Å². The maximum Gasteiger partial charge on any atom is 0.472 e. The Kier molecular flexibility index (Phi) is 37.7. The number of phosphoric acid groups is 1. The predicted octanol–water partition coefficient (Wildman–Crippen LogP) is 12.2. The first-order valence-corrected chi connectivity index (χ1v) is 22.0. The number of rotatable bonds is 39. The Balaban J connectivity index is 4.12. The van der Waals surface area contributed by atoms with E-state index in [1.165, 1.54) is 122 Å². The molecular formula is C41H78NO7P. The van der Waals surface area contributed by atoms with Crippen LogP contribution in [-0.4, -0.2) is 43.3 Å². The van der Waals surface area contributed by atoms with Crippen molar-refractivity contribution in [3.63, 3.8) is 0 Å². The van der Waals surface area contributed by atoms with Gasteiger partial charge in [-0.05, 0) is 57.4 Å². The van der Waals surface area contributed by atoms with Crippen LogP contribution >= 0.6 is 7.82 Å². The molecule has 0 spiro atoms. The Morgan fingerprint density at radius 1 is 0.620 bits per heavy atom. The number of ether oxygens (including phenoxy) is 2. The minimum absolute atomic E-state index is 0.0303. The molecule has 0 amide bonds. The number of unbranched alkanes of at least 4 members (excludes halogenated alkanes) is 22. The molecule has 0 aromatic heterocycles. The van der Waals surface area contributed by atoms with Gasteiger partial charge in [0.1, 0.15) is 6.61 Å². The molecule has 1 unspecified atom stereocenters. The van der Waals surface area contributed by atoms with Crippen LogP contribution in [0.4, 0.5) is 0 Å². The van der Waals surface area contributed by atoms with Crippen LogP contribution in [0.2, 0.25) is 0 Å². The van der Waals surface area contributed by atoms with Crippen molar-refractivity contribution in [3.05, 3.63) is 36.6 Å². The van der Waals surface area contributed by atoms with Crippen LogP contribution in [0.1, 0.15) is 187 Å². The monoisotopic (exact) mass is 728 g/mol. The van der Waals surface area contributed by atoms with Gasteiger partial charge < -0.3 is 20.1 Å². The maximum absolute atomic E-state index is 12.5. The summed E-state index contributed by atoms with van der Waals surface area (Å²) in [6.07, 6.45) is 43.9. The zero-order valence-electron chi connectivity index (χ0n) is 32.4. The fourth-order valence-corrected chi connectivity index (χ4v) is 6.35. The van der Waals surface area contributed by atoms with Gasteiger partial charge in [0, 0.05) is 13.0 Å². The van der Waals surface area contributed by atoms with E-state index in [0.717, 1.165) is 44.9 Å². The van der Waals surface area contributed by atoms with Crippen molar-refractivity contribution in [3.8, 4) is 0 Å². The summed E-state index contributed by atoms with van der Waals surface area (Å²) >= 11 is 0. The molecule has 294 valence electrons. The van der Waals surface area contributed by atoms with Crippen LogP contribution in [0.5, 0.6) is 0 Å². The molecule has 0 bridgehead atoms. The topological polar surface area (TPSA) is 117 Å². The van der Waals surface area contributed by atoms with Crippen LogP contribution < -0.4 is 5.73 Å². The Bertz CT molecular complexity index is 864. The van der Waals surface area contributed by atoms with Crippen molar-refractivity contribution < 1.29 is 32.8 Å². The molecule has 0 fully saturated rings. The molecule has 0 aromatic carbocycles. The van der Waals surface area contributed by atoms with Crippen molar-refractivity contribution in [1.29, 1.82) is 0 Å². The lowest BCUT2D eigenvalue weighted by Crippen LogP contribution is -2.27. The van der Waals surface area contributed by atoms with Gasteiger partial charge in [0.05, 0.1) is 19.5 Å². The van der Waals surface area contributed by atoms with Crippen LogP contribution in [0, 0.1) is 0 Å². The van der Waals surface area contributed by atoms with Crippen LogP contribution in [0.3, 0.4) is 0 Å². The minimum atomic E-state index is -4.29. The predicted molar refractivity (Wildman–Crippen MR) is 210 cm³/mol. The van der Waals surface area contributed by atoms with Crippen molar-refractivity contribution in [1.82, 2.24) is 0 Å². The van der Waals surface area contributed by atoms with Crippen LogP contribution in [0.15, 0.2) is 36.6 Å². The van der Waals surface area contributed by atoms with Gasteiger partial charge >= 0.3 is 13.8 Å². The second kappa shape index (κ2) is 38.8. The lowest BCUT2D eigenvalue weighted by molar-refractivity contribution is -0.153. The summed E-state index contributed by atoms with van der Waals surface area (Å²) in [6, 6.07) is 0. The van der Waals surface area contributed by atoms with E-state index in [1.54, 1.807) is 6.26 Å². The third-order valence-electron chi connectivity index (χ3n) is 8.62. The summed E-state index contributed by atoms with van der Waals surface area (Å²) in [5.74, 6) is -0.360. The Hall–Kier alpha value is -1.44. The molecule has 9 heteroatoms. The number of hydrogen-bond donors (Lipinski definition) is 2. The highest BCUT2D eigenvalue weighted by molar-refractivity contribution is 7.47. The van der Waals surface area contributed by atoms with E-state index in [0.29, 0.717) is 6.42 Å². The fourth-order valence-electron chi connectivity index (χ4n) is 5.58. The van der Waals surface area contributed by atoms with Crippen molar-refractivity contribution in [2.45, 2.75) is 193 Å². The average Bonchev–Trinajstić information content (AvgIpc) is 3.10. The van der Waals surface area contributed by atoms with Crippen molar-refractivity contribution in [2.75, 3.05) is 26.4 Å². The van der Waals surface area contributed by atoms with E-state index < -0.39 is 13.9 Å². The molecule has 0 saturated carbocycles. The average molecular weight is 728 g/mol. The molecule has 0 aliphatic heterocycles. The zero-order valence-corrected chi connectivity index (χ0v) is 33.3. The number of nitrogens with two attached hydrogens (primary N) is 1. The molecule has 2 atom stereocenters. The summed E-state index contributed by atoms with van der Waals surface area (Å²) in [5, 5.41) is 0. The third-order valence-corrected chi connectivity index (χ3v) is 9.61. The maximum atomic E-state index is 12.5. The number of hydrogen-bond acceptors (Lipinski definition) is 7. The molecule has 50 heavy (non-hydrogen) atoms. The summed E-state index contributed by atoms with van der Waals surface area (Å²) < 4.78 is 33.1. The highest BCUT2D eigenvalue weighted by Crippen LogP contribution is 2.43. The number of carbonyl (C=O) groups is 1. The van der Waals surface area contributed by atoms with E-state index in [-0.39, 0.29) is 32.3 Å². The minimum Gasteiger partial charge on any atom is -0.498 e. The second-order valence-corrected chi connectivity index (χ2v) is 15.0. The van der Waals surface area contributed by atoms with E-state index in [4.69, 9.17) is 24.3 Å². The van der Waals surface area contributed by atoms with E-state index in [2.05, 4.69) is 38.2 Å². The summed E-state index contributed by atoms with van der Waals surface area (Å²) in [7, 11) is -4.29. The van der Waals surface area contributed by atoms with Gasteiger partial charge in [-0.3, -0.25) is 13.8 Å². The van der Waals surface area contributed by atoms with Gasteiger partial charge in [-0.25, -0.2) is 4.57 Å². The van der Waals surface area contributed by atoms with Crippen molar-refractivity contribution in [2.24, 2.45) is 5.73 Å². The summed E-state index contributed by atoms with van der Waals surface area (Å²) in [4.78, 5) is 22.4. The molecule has 0 heterocycles. The normalized spacial score (nSPS) is 13.8. The first-order valence-electron chi connectivity index (χ1n) is 20.5. The SMILES string of the molecule is CCCCC/C=C\C/C=C\CCCCCCCCCC(=O)O[C@H](CO/C=C\CCCCCCCCCCCCCC)COP(=O)(O)OCCN. The molecule has 8 nitrogen and oxygen atoms in total. The third kappa shape index (κ3) is 37.8. The molecule has 0 radical (unpaired) electrons. The fraction of sp³-hybridized carbons (Fsp3) is 0.829. The second-order valence-electron chi connectivity index (χ2n) is 13.6. The van der Waals surface area contributed by atoms with Gasteiger partial charge in [-0.1, -0.05) is 154 Å². The smallest absolute Gasteiger partial charge is 0.472 e. The summed E-state index contributed by atoms with van der Waals surface area (Å²) in [6.45, 7) is 4.21. The molecular weight excluding hydrogens is 649 g/mol. The molecule has 0 aliphatic carbocycles. The van der Waals surface area contributed by atoms with E-state index in [9.17, 15) is 14.3 Å². The quantitative estimate of drug-likeness (QED) is 0.0211. The van der Waals surface area contributed by atoms with Gasteiger partial charge in [-0.2, -0.15) is 0 Å². The Morgan fingerprint density at radius 2 is 1.08 bits per heavy atom.